The molecule has 0 fully saturated rings. The normalized spacial score (nSPS) is 13.9. The van der Waals surface area contributed by atoms with Gasteiger partial charge in [-0.25, -0.2) is 4.57 Å². The highest BCUT2D eigenvalue weighted by molar-refractivity contribution is 7.47. The van der Waals surface area contributed by atoms with E-state index in [1.54, 1.807) is 0 Å². The van der Waals surface area contributed by atoms with Crippen LogP contribution in [0.4, 0.5) is 0 Å². The topological polar surface area (TPSA) is 155 Å². The molecule has 0 aromatic carbocycles. The number of rotatable bonds is 58. The second-order valence-corrected chi connectivity index (χ2v) is 22.3. The summed E-state index contributed by atoms with van der Waals surface area (Å²) in [6.07, 6.45) is 69.9. The summed E-state index contributed by atoms with van der Waals surface area (Å²) >= 11 is 0. The van der Waals surface area contributed by atoms with Crippen molar-refractivity contribution in [2.24, 2.45) is 0 Å². The summed E-state index contributed by atoms with van der Waals surface area (Å²) in [7, 11) is -4.77. The number of unbranched alkanes of at least 4 members (excludes halogenated alkanes) is 27. The Kier molecular flexibility index (Phi) is 57.2. The van der Waals surface area contributed by atoms with Crippen LogP contribution in [0.1, 0.15) is 278 Å². The third-order valence-electron chi connectivity index (χ3n) is 13.3. The van der Waals surface area contributed by atoms with Gasteiger partial charge in [-0.15, -0.1) is 0 Å². The smallest absolute Gasteiger partial charge is 0.462 e. The maximum absolute atomic E-state index is 12.9. The lowest BCUT2D eigenvalue weighted by Crippen LogP contribution is -2.30. The van der Waals surface area contributed by atoms with Gasteiger partial charge in [-0.2, -0.15) is 0 Å². The van der Waals surface area contributed by atoms with Crippen LogP contribution in [0.2, 0.25) is 0 Å². The molecule has 450 valence electrons. The molecular weight excluding hydrogens is 1000 g/mol. The van der Waals surface area contributed by atoms with Crippen molar-refractivity contribution in [2.75, 3.05) is 26.4 Å². The molecule has 78 heavy (non-hydrogen) atoms. The minimum absolute atomic E-state index is 0.0533. The van der Waals surface area contributed by atoms with E-state index in [0.717, 1.165) is 96.3 Å². The standard InChI is InChI=1S/C66H115O11P/c1-4-7-10-13-16-19-22-25-27-29-31-33-35-38-40-43-46-49-52-55-64(68)73-59-63(77-66(70)57-54-51-48-45-42-39-36-34-32-30-28-26-23-20-17-14-11-8-5-2)61-75-78(71,72)74-60-62(58-67)76-65(69)56-53-50-47-44-41-37-24-21-18-15-12-9-6-3/h9,12,17-18,20-21,26,28,32,34,37,41,47,50,62-63,67H,4-8,10-11,13-16,19,22-25,27,29-31,33,35-36,38-40,42-46,48-49,51-61H2,1-3H3,(H,71,72)/b12-9-,20-17-,21-18-,28-26-,34-32-,41-37-,50-47-. The molecule has 0 aliphatic heterocycles. The number of ether oxygens (including phenoxy) is 3. The number of aliphatic hydroxyl groups excluding tert-OH is 1. The van der Waals surface area contributed by atoms with E-state index in [2.05, 4.69) is 93.7 Å². The Bertz CT molecular complexity index is 1630. The van der Waals surface area contributed by atoms with Crippen molar-refractivity contribution in [3.8, 4) is 0 Å². The average Bonchev–Trinajstić information content (AvgIpc) is 3.43. The zero-order valence-electron chi connectivity index (χ0n) is 49.9. The van der Waals surface area contributed by atoms with Crippen LogP contribution in [0.3, 0.4) is 0 Å². The first-order valence-corrected chi connectivity index (χ1v) is 33.0. The summed E-state index contributed by atoms with van der Waals surface area (Å²) in [6, 6.07) is 0. The van der Waals surface area contributed by atoms with E-state index >= 15 is 0 Å². The summed E-state index contributed by atoms with van der Waals surface area (Å²) in [6.45, 7) is 4.44. The van der Waals surface area contributed by atoms with Crippen molar-refractivity contribution in [3.05, 3.63) is 85.1 Å². The lowest BCUT2D eigenvalue weighted by molar-refractivity contribution is -0.161. The van der Waals surface area contributed by atoms with Gasteiger partial charge in [-0.3, -0.25) is 23.4 Å². The second-order valence-electron chi connectivity index (χ2n) is 20.8. The third-order valence-corrected chi connectivity index (χ3v) is 14.3. The maximum Gasteiger partial charge on any atom is 0.472 e. The molecule has 0 aliphatic rings. The zero-order chi connectivity index (χ0) is 56.9. The van der Waals surface area contributed by atoms with Gasteiger partial charge in [0.2, 0.25) is 0 Å². The molecule has 0 saturated heterocycles. The van der Waals surface area contributed by atoms with Gasteiger partial charge in [0.1, 0.15) is 12.7 Å². The molecule has 0 spiro atoms. The molecule has 0 saturated carbocycles. The number of phosphoric ester groups is 1. The summed E-state index contributed by atoms with van der Waals surface area (Å²) in [4.78, 5) is 48.6. The Morgan fingerprint density at radius 2 is 0.692 bits per heavy atom. The Labute approximate surface area is 477 Å². The molecule has 12 heteroatoms. The molecule has 0 radical (unpaired) electrons. The first-order chi connectivity index (χ1) is 38.2. The lowest BCUT2D eigenvalue weighted by atomic mass is 10.0. The number of carbonyl (C=O) groups excluding carboxylic acids is 3. The van der Waals surface area contributed by atoms with Crippen molar-refractivity contribution in [1.82, 2.24) is 0 Å². The number of phosphoric acid groups is 1. The van der Waals surface area contributed by atoms with Gasteiger partial charge in [-0.05, 0) is 83.5 Å². The SMILES string of the molecule is CC/C=C\C/C=C\C/C=C\C/C=C\CCC(=O)OC(CO)COP(=O)(O)OCC(COC(=O)CCCCCCCCCCCCCCCCCCCCC)OC(=O)CCCCCCCC/C=C\C/C=C\C/C=C\CCCCC. The predicted molar refractivity (Wildman–Crippen MR) is 325 cm³/mol. The molecule has 2 N–H and O–H groups in total. The van der Waals surface area contributed by atoms with Crippen LogP contribution in [0.25, 0.3) is 0 Å². The number of carbonyl (C=O) groups is 3. The van der Waals surface area contributed by atoms with Crippen LogP contribution in [0, 0.1) is 0 Å². The molecule has 3 unspecified atom stereocenters. The van der Waals surface area contributed by atoms with Crippen LogP contribution < -0.4 is 0 Å². The van der Waals surface area contributed by atoms with Crippen LogP contribution in [0.15, 0.2) is 85.1 Å². The molecule has 11 nitrogen and oxygen atoms in total. The Hall–Kier alpha value is -3.34. The molecular formula is C66H115O11P. The number of esters is 3. The predicted octanol–water partition coefficient (Wildman–Crippen LogP) is 19.0. The fraction of sp³-hybridized carbons (Fsp3) is 0.742. The molecule has 0 bridgehead atoms. The van der Waals surface area contributed by atoms with Crippen LogP contribution in [-0.2, 0) is 42.2 Å². The molecule has 0 amide bonds. The van der Waals surface area contributed by atoms with E-state index in [4.69, 9.17) is 23.3 Å². The van der Waals surface area contributed by atoms with E-state index < -0.39 is 57.8 Å². The minimum atomic E-state index is -4.77. The van der Waals surface area contributed by atoms with Crippen LogP contribution in [-0.4, -0.2) is 66.5 Å². The molecule has 0 rings (SSSR count). The summed E-state index contributed by atoms with van der Waals surface area (Å²) < 4.78 is 39.5. The Morgan fingerprint density at radius 1 is 0.372 bits per heavy atom. The highest BCUT2D eigenvalue weighted by Crippen LogP contribution is 2.43. The van der Waals surface area contributed by atoms with Crippen molar-refractivity contribution in [1.29, 1.82) is 0 Å². The van der Waals surface area contributed by atoms with Crippen LogP contribution >= 0.6 is 7.82 Å². The van der Waals surface area contributed by atoms with Crippen molar-refractivity contribution in [3.63, 3.8) is 0 Å². The zero-order valence-corrected chi connectivity index (χ0v) is 50.8. The highest BCUT2D eigenvalue weighted by atomic mass is 31.2. The first kappa shape index (κ1) is 74.7. The number of hydrogen-bond acceptors (Lipinski definition) is 10. The van der Waals surface area contributed by atoms with E-state index in [1.165, 1.54) is 122 Å². The van der Waals surface area contributed by atoms with Gasteiger partial charge in [0.05, 0.1) is 19.8 Å². The van der Waals surface area contributed by atoms with Gasteiger partial charge in [0.25, 0.3) is 0 Å². The van der Waals surface area contributed by atoms with Crippen molar-refractivity contribution in [2.45, 2.75) is 290 Å². The lowest BCUT2D eigenvalue weighted by Gasteiger charge is -2.21. The van der Waals surface area contributed by atoms with Crippen LogP contribution in [0.5, 0.6) is 0 Å². The third kappa shape index (κ3) is 57.3. The number of allylic oxidation sites excluding steroid dienone is 14. The molecule has 3 atom stereocenters. The molecule has 0 heterocycles. The van der Waals surface area contributed by atoms with E-state index in [1.807, 2.05) is 12.2 Å². The highest BCUT2D eigenvalue weighted by Gasteiger charge is 2.28. The van der Waals surface area contributed by atoms with Crippen molar-refractivity contribution < 1.29 is 52.2 Å². The van der Waals surface area contributed by atoms with E-state index in [9.17, 15) is 28.9 Å². The van der Waals surface area contributed by atoms with Crippen molar-refractivity contribution >= 4 is 25.7 Å². The fourth-order valence-corrected chi connectivity index (χ4v) is 9.34. The molecule has 0 aliphatic carbocycles. The maximum atomic E-state index is 12.9. The van der Waals surface area contributed by atoms with Gasteiger partial charge in [0, 0.05) is 19.3 Å². The van der Waals surface area contributed by atoms with Gasteiger partial charge >= 0.3 is 25.7 Å². The molecule has 0 aromatic rings. The second kappa shape index (κ2) is 59.8. The number of hydrogen-bond donors (Lipinski definition) is 2. The monoisotopic (exact) mass is 1110 g/mol. The van der Waals surface area contributed by atoms with Gasteiger partial charge in [-0.1, -0.05) is 260 Å². The Balaban J connectivity index is 4.76. The minimum Gasteiger partial charge on any atom is -0.462 e. The van der Waals surface area contributed by atoms with Gasteiger partial charge < -0.3 is 24.2 Å². The summed E-state index contributed by atoms with van der Waals surface area (Å²) in [5.74, 6) is -1.56. The summed E-state index contributed by atoms with van der Waals surface area (Å²) in [5.41, 5.74) is 0. The molecule has 0 aromatic heterocycles. The van der Waals surface area contributed by atoms with Gasteiger partial charge in [0.15, 0.2) is 6.10 Å². The Morgan fingerprint density at radius 3 is 1.13 bits per heavy atom. The largest absolute Gasteiger partial charge is 0.472 e. The quantitative estimate of drug-likeness (QED) is 0.0197. The fourth-order valence-electron chi connectivity index (χ4n) is 8.55. The van der Waals surface area contributed by atoms with E-state index in [0.29, 0.717) is 19.3 Å². The average molecular weight is 1120 g/mol. The number of aliphatic hydroxyl groups is 1. The first-order valence-electron chi connectivity index (χ1n) is 31.5. The summed E-state index contributed by atoms with van der Waals surface area (Å²) in [5, 5.41) is 9.81. The van der Waals surface area contributed by atoms with E-state index in [-0.39, 0.29) is 25.9 Å².